The summed E-state index contributed by atoms with van der Waals surface area (Å²) in [6, 6.07) is 16.7. The minimum atomic E-state index is -0.448. The third kappa shape index (κ3) is 4.28. The van der Waals surface area contributed by atoms with E-state index in [4.69, 9.17) is 11.6 Å². The second-order valence-electron chi connectivity index (χ2n) is 6.71. The largest absolute Gasteiger partial charge is 0.325 e. The number of thioether (sulfide) groups is 1. The van der Waals surface area contributed by atoms with E-state index in [0.29, 0.717) is 26.1 Å². The number of hydrogen-bond donors (Lipinski definition) is 2. The van der Waals surface area contributed by atoms with Gasteiger partial charge in [-0.2, -0.15) is 0 Å². The molecule has 1 amide bonds. The van der Waals surface area contributed by atoms with Gasteiger partial charge in [-0.15, -0.1) is 11.3 Å². The lowest BCUT2D eigenvalue weighted by Crippen LogP contribution is -2.23. The predicted molar refractivity (Wildman–Crippen MR) is 126 cm³/mol. The Morgan fingerprint density at radius 3 is 2.57 bits per heavy atom. The van der Waals surface area contributed by atoms with Crippen molar-refractivity contribution in [2.45, 2.75) is 24.3 Å². The van der Waals surface area contributed by atoms with Crippen molar-refractivity contribution in [3.05, 3.63) is 74.9 Å². The molecule has 8 heteroatoms. The second kappa shape index (κ2) is 8.63. The summed E-state index contributed by atoms with van der Waals surface area (Å²) in [6.07, 6.45) is 0. The standard InChI is InChI=1S/C22H18ClN3O2S2/c1-12-17(14-6-4-3-5-7-14)18-20(28)25-22(26-21(18)29-12)30-13(2)19(27)24-16-10-8-15(23)9-11-16/h3-11,13H,1-2H3,(H,24,27)(H,25,26,28). The molecule has 0 spiro atoms. The summed E-state index contributed by atoms with van der Waals surface area (Å²) in [4.78, 5) is 34.5. The number of nitrogens with zero attached hydrogens (tertiary/aromatic N) is 1. The lowest BCUT2D eigenvalue weighted by Gasteiger charge is -2.11. The van der Waals surface area contributed by atoms with Gasteiger partial charge >= 0.3 is 0 Å². The van der Waals surface area contributed by atoms with Crippen LogP contribution >= 0.6 is 34.7 Å². The van der Waals surface area contributed by atoms with E-state index in [1.54, 1.807) is 31.2 Å². The first kappa shape index (κ1) is 20.7. The highest BCUT2D eigenvalue weighted by atomic mass is 35.5. The zero-order valence-electron chi connectivity index (χ0n) is 16.2. The number of aryl methyl sites for hydroxylation is 1. The van der Waals surface area contributed by atoms with E-state index < -0.39 is 5.25 Å². The molecule has 0 bridgehead atoms. The summed E-state index contributed by atoms with van der Waals surface area (Å²) in [5, 5.41) is 4.01. The molecular formula is C22H18ClN3O2S2. The molecule has 0 radical (unpaired) electrons. The first-order chi connectivity index (χ1) is 14.4. The van der Waals surface area contributed by atoms with E-state index in [9.17, 15) is 9.59 Å². The Kier molecular flexibility index (Phi) is 5.94. The molecule has 0 saturated carbocycles. The van der Waals surface area contributed by atoms with Crippen LogP contribution in [-0.4, -0.2) is 21.1 Å². The van der Waals surface area contributed by atoms with Crippen LogP contribution in [0.5, 0.6) is 0 Å². The molecule has 2 heterocycles. The lowest BCUT2D eigenvalue weighted by molar-refractivity contribution is -0.115. The summed E-state index contributed by atoms with van der Waals surface area (Å²) in [7, 11) is 0. The fraction of sp³-hybridized carbons (Fsp3) is 0.136. The van der Waals surface area contributed by atoms with E-state index in [1.807, 2.05) is 37.3 Å². The molecular weight excluding hydrogens is 438 g/mol. The first-order valence-electron chi connectivity index (χ1n) is 9.24. The van der Waals surface area contributed by atoms with Gasteiger partial charge in [0.25, 0.3) is 5.56 Å². The van der Waals surface area contributed by atoms with Crippen LogP contribution in [0.1, 0.15) is 11.8 Å². The zero-order chi connectivity index (χ0) is 21.3. The van der Waals surface area contributed by atoms with Crippen molar-refractivity contribution in [3.63, 3.8) is 0 Å². The van der Waals surface area contributed by atoms with Crippen LogP contribution in [-0.2, 0) is 4.79 Å². The van der Waals surface area contributed by atoms with Crippen molar-refractivity contribution in [1.82, 2.24) is 9.97 Å². The Morgan fingerprint density at radius 1 is 1.17 bits per heavy atom. The molecule has 0 aliphatic rings. The molecule has 2 aromatic carbocycles. The Bertz CT molecular complexity index is 1270. The van der Waals surface area contributed by atoms with Gasteiger partial charge in [0, 0.05) is 21.2 Å². The van der Waals surface area contributed by atoms with Gasteiger partial charge in [0.2, 0.25) is 5.91 Å². The maximum Gasteiger partial charge on any atom is 0.260 e. The number of halogens is 1. The molecule has 1 unspecified atom stereocenters. The SMILES string of the molecule is Cc1sc2nc(SC(C)C(=O)Nc3ccc(Cl)cc3)[nH]c(=O)c2c1-c1ccccc1. The van der Waals surface area contributed by atoms with E-state index in [1.165, 1.54) is 23.1 Å². The average molecular weight is 456 g/mol. The summed E-state index contributed by atoms with van der Waals surface area (Å²) >= 11 is 8.57. The van der Waals surface area contributed by atoms with Gasteiger partial charge in [0.1, 0.15) is 4.83 Å². The average Bonchev–Trinajstić information content (AvgIpc) is 3.06. The van der Waals surface area contributed by atoms with Gasteiger partial charge in [-0.25, -0.2) is 4.98 Å². The minimum Gasteiger partial charge on any atom is -0.325 e. The van der Waals surface area contributed by atoms with Crippen LogP contribution < -0.4 is 10.9 Å². The maximum atomic E-state index is 12.9. The minimum absolute atomic E-state index is 0.183. The molecule has 30 heavy (non-hydrogen) atoms. The van der Waals surface area contributed by atoms with Crippen LogP contribution in [0.3, 0.4) is 0 Å². The number of thiophene rings is 1. The molecule has 2 aromatic heterocycles. The fourth-order valence-electron chi connectivity index (χ4n) is 3.11. The molecule has 1 atom stereocenters. The fourth-order valence-corrected chi connectivity index (χ4v) is 5.13. The van der Waals surface area contributed by atoms with Gasteiger partial charge in [0.05, 0.1) is 10.6 Å². The summed E-state index contributed by atoms with van der Waals surface area (Å²) in [6.45, 7) is 3.76. The number of carbonyl (C=O) groups excluding carboxylic acids is 1. The Balaban J connectivity index is 1.59. The number of benzene rings is 2. The Labute approximate surface area is 186 Å². The maximum absolute atomic E-state index is 12.9. The zero-order valence-corrected chi connectivity index (χ0v) is 18.6. The smallest absolute Gasteiger partial charge is 0.260 e. The highest BCUT2D eigenvalue weighted by Crippen LogP contribution is 2.36. The van der Waals surface area contributed by atoms with Crippen molar-refractivity contribution >= 4 is 56.5 Å². The van der Waals surface area contributed by atoms with Crippen LogP contribution in [0, 0.1) is 6.92 Å². The van der Waals surface area contributed by atoms with Crippen LogP contribution in [0.25, 0.3) is 21.3 Å². The summed E-state index contributed by atoms with van der Waals surface area (Å²) < 4.78 is 0. The number of hydrogen-bond acceptors (Lipinski definition) is 5. The van der Waals surface area contributed by atoms with Gasteiger partial charge in [-0.05, 0) is 43.7 Å². The number of aromatic amines is 1. The van der Waals surface area contributed by atoms with E-state index in [-0.39, 0.29) is 11.5 Å². The number of nitrogens with one attached hydrogen (secondary N) is 2. The topological polar surface area (TPSA) is 74.8 Å². The van der Waals surface area contributed by atoms with Crippen LogP contribution in [0.2, 0.25) is 5.02 Å². The van der Waals surface area contributed by atoms with E-state index >= 15 is 0 Å². The monoisotopic (exact) mass is 455 g/mol. The molecule has 0 fully saturated rings. The third-order valence-corrected chi connectivity index (χ3v) is 6.78. The van der Waals surface area contributed by atoms with Crippen molar-refractivity contribution in [2.75, 3.05) is 5.32 Å². The van der Waals surface area contributed by atoms with Gasteiger partial charge in [0.15, 0.2) is 5.16 Å². The van der Waals surface area contributed by atoms with Crippen molar-refractivity contribution in [3.8, 4) is 11.1 Å². The molecule has 0 aliphatic heterocycles. The van der Waals surface area contributed by atoms with Crippen molar-refractivity contribution in [2.24, 2.45) is 0 Å². The molecule has 0 saturated heterocycles. The summed E-state index contributed by atoms with van der Waals surface area (Å²) in [5.41, 5.74) is 2.37. The van der Waals surface area contributed by atoms with Crippen molar-refractivity contribution < 1.29 is 4.79 Å². The highest BCUT2D eigenvalue weighted by molar-refractivity contribution is 8.00. The molecule has 4 rings (SSSR count). The molecule has 5 nitrogen and oxygen atoms in total. The number of H-pyrrole nitrogens is 1. The third-order valence-electron chi connectivity index (χ3n) is 4.55. The summed E-state index contributed by atoms with van der Waals surface area (Å²) in [5.74, 6) is -0.183. The van der Waals surface area contributed by atoms with Gasteiger partial charge in [-0.1, -0.05) is 53.7 Å². The molecule has 0 aliphatic carbocycles. The predicted octanol–water partition coefficient (Wildman–Crippen LogP) is 5.73. The number of carbonyl (C=O) groups is 1. The van der Waals surface area contributed by atoms with Gasteiger partial charge < -0.3 is 10.3 Å². The normalized spacial score (nSPS) is 12.1. The van der Waals surface area contributed by atoms with Crippen molar-refractivity contribution in [1.29, 1.82) is 0 Å². The Hall–Kier alpha value is -2.61. The molecule has 152 valence electrons. The van der Waals surface area contributed by atoms with Gasteiger partial charge in [-0.3, -0.25) is 9.59 Å². The Morgan fingerprint density at radius 2 is 1.87 bits per heavy atom. The highest BCUT2D eigenvalue weighted by Gasteiger charge is 2.20. The number of fused-ring (bicyclic) bond motifs is 1. The molecule has 2 N–H and O–H groups in total. The first-order valence-corrected chi connectivity index (χ1v) is 11.3. The number of amides is 1. The molecule has 4 aromatic rings. The number of aromatic nitrogens is 2. The number of rotatable bonds is 5. The van der Waals surface area contributed by atoms with Crippen LogP contribution in [0.4, 0.5) is 5.69 Å². The number of anilines is 1. The quantitative estimate of drug-likeness (QED) is 0.297. The second-order valence-corrected chi connectivity index (χ2v) is 9.68. The van der Waals surface area contributed by atoms with E-state index in [2.05, 4.69) is 15.3 Å². The lowest BCUT2D eigenvalue weighted by atomic mass is 10.0. The van der Waals surface area contributed by atoms with Crippen LogP contribution in [0.15, 0.2) is 64.5 Å². The van der Waals surface area contributed by atoms with E-state index in [0.717, 1.165) is 16.0 Å².